The number of pyridine rings is 1. The normalized spacial score (nSPS) is 20.1. The van der Waals surface area contributed by atoms with Crippen molar-refractivity contribution in [2.75, 3.05) is 50.7 Å². The molecule has 11 heteroatoms. The minimum absolute atomic E-state index is 0.0533. The summed E-state index contributed by atoms with van der Waals surface area (Å²) >= 11 is 12.5. The number of piperazine rings is 1. The largest absolute Gasteiger partial charge is 0.353 e. The summed E-state index contributed by atoms with van der Waals surface area (Å²) in [7, 11) is 0. The lowest BCUT2D eigenvalue weighted by molar-refractivity contribution is -0.137. The standard InChI is InChI=1S/C25H26Cl2N6O3/c1-2-33-19-14-32(15-21(34)31-11-9-30(10-12-31)20-5-3-4-8-28-20)24(35)22(19)23(29-25(33)36)17-7-6-16(26)13-18(17)27/h3-8,13,23H,2,9-12,14-15H2,1H3,(H,29,36)/t23-/m0/s1. The van der Waals surface area contributed by atoms with Gasteiger partial charge in [0.25, 0.3) is 5.91 Å². The third kappa shape index (κ3) is 4.49. The number of carbonyl (C=O) groups is 3. The molecule has 4 amide bonds. The molecule has 0 saturated carbocycles. The van der Waals surface area contributed by atoms with Gasteiger partial charge in [-0.3, -0.25) is 14.5 Å². The lowest BCUT2D eigenvalue weighted by atomic mass is 9.95. The molecule has 188 valence electrons. The molecule has 3 aliphatic rings. The van der Waals surface area contributed by atoms with Gasteiger partial charge >= 0.3 is 6.03 Å². The average molecular weight is 529 g/mol. The Labute approximate surface area is 219 Å². The van der Waals surface area contributed by atoms with Gasteiger partial charge in [0.2, 0.25) is 5.91 Å². The molecule has 1 N–H and O–H groups in total. The van der Waals surface area contributed by atoms with E-state index in [1.165, 1.54) is 4.90 Å². The molecule has 1 atom stereocenters. The maximum atomic E-state index is 13.6. The summed E-state index contributed by atoms with van der Waals surface area (Å²) in [6.45, 7) is 4.83. The summed E-state index contributed by atoms with van der Waals surface area (Å²) < 4.78 is 0. The number of nitrogens with zero attached hydrogens (tertiary/aromatic N) is 5. The van der Waals surface area contributed by atoms with Crippen LogP contribution in [0.2, 0.25) is 10.0 Å². The third-order valence-electron chi connectivity index (χ3n) is 6.82. The van der Waals surface area contributed by atoms with Crippen LogP contribution in [0.15, 0.2) is 53.9 Å². The quantitative estimate of drug-likeness (QED) is 0.644. The van der Waals surface area contributed by atoms with Gasteiger partial charge in [-0.05, 0) is 36.8 Å². The fourth-order valence-corrected chi connectivity index (χ4v) is 5.49. The van der Waals surface area contributed by atoms with E-state index in [-0.39, 0.29) is 30.9 Å². The molecule has 9 nitrogen and oxygen atoms in total. The molecular weight excluding hydrogens is 503 g/mol. The van der Waals surface area contributed by atoms with Crippen LogP contribution in [0.5, 0.6) is 0 Å². The predicted octanol–water partition coefficient (Wildman–Crippen LogP) is 2.92. The van der Waals surface area contributed by atoms with Crippen LogP contribution in [0.1, 0.15) is 18.5 Å². The Morgan fingerprint density at radius 1 is 1.11 bits per heavy atom. The van der Waals surface area contributed by atoms with Gasteiger partial charge in [0, 0.05) is 49.0 Å². The number of anilines is 1. The minimum atomic E-state index is -0.713. The molecule has 4 heterocycles. The first-order valence-corrected chi connectivity index (χ1v) is 12.6. The molecule has 0 aliphatic carbocycles. The van der Waals surface area contributed by atoms with E-state index in [1.54, 1.807) is 34.2 Å². The highest BCUT2D eigenvalue weighted by Gasteiger charge is 2.44. The van der Waals surface area contributed by atoms with Crippen molar-refractivity contribution in [3.8, 4) is 0 Å². The molecule has 36 heavy (non-hydrogen) atoms. The molecule has 1 saturated heterocycles. The zero-order valence-corrected chi connectivity index (χ0v) is 21.3. The highest BCUT2D eigenvalue weighted by atomic mass is 35.5. The van der Waals surface area contributed by atoms with Crippen LogP contribution in [-0.2, 0) is 9.59 Å². The number of carbonyl (C=O) groups excluding carboxylic acids is 3. The summed E-state index contributed by atoms with van der Waals surface area (Å²) in [5.74, 6) is 0.493. The smallest absolute Gasteiger partial charge is 0.322 e. The van der Waals surface area contributed by atoms with Gasteiger partial charge in [0.1, 0.15) is 12.4 Å². The predicted molar refractivity (Wildman–Crippen MR) is 137 cm³/mol. The van der Waals surface area contributed by atoms with Crippen LogP contribution < -0.4 is 10.2 Å². The Morgan fingerprint density at radius 3 is 2.56 bits per heavy atom. The number of aromatic nitrogens is 1. The number of nitrogens with one attached hydrogen (secondary N) is 1. The number of halogens is 2. The highest BCUT2D eigenvalue weighted by molar-refractivity contribution is 6.35. The van der Waals surface area contributed by atoms with E-state index in [1.807, 2.05) is 25.1 Å². The number of hydrogen-bond donors (Lipinski definition) is 1. The van der Waals surface area contributed by atoms with E-state index in [4.69, 9.17) is 23.2 Å². The van der Waals surface area contributed by atoms with Gasteiger partial charge in [0.15, 0.2) is 0 Å². The summed E-state index contributed by atoms with van der Waals surface area (Å²) in [6.07, 6.45) is 1.75. The molecule has 5 rings (SSSR count). The van der Waals surface area contributed by atoms with Crippen molar-refractivity contribution >= 4 is 46.9 Å². The summed E-state index contributed by atoms with van der Waals surface area (Å²) in [5, 5.41) is 3.72. The van der Waals surface area contributed by atoms with Crippen LogP contribution in [-0.4, -0.2) is 83.3 Å². The zero-order valence-electron chi connectivity index (χ0n) is 19.8. The Morgan fingerprint density at radius 2 is 1.89 bits per heavy atom. The number of urea groups is 1. The van der Waals surface area contributed by atoms with Crippen LogP contribution in [0.25, 0.3) is 0 Å². The Hall–Kier alpha value is -3.30. The second-order valence-corrected chi connectivity index (χ2v) is 9.71. The highest BCUT2D eigenvalue weighted by Crippen LogP contribution is 2.39. The first-order chi connectivity index (χ1) is 17.4. The topological polar surface area (TPSA) is 89.1 Å². The lowest BCUT2D eigenvalue weighted by Gasteiger charge is -2.36. The molecule has 3 aliphatic heterocycles. The van der Waals surface area contributed by atoms with Gasteiger partial charge in [-0.2, -0.15) is 0 Å². The lowest BCUT2D eigenvalue weighted by Crippen LogP contribution is -2.51. The van der Waals surface area contributed by atoms with Gasteiger partial charge in [-0.25, -0.2) is 9.78 Å². The second kappa shape index (κ2) is 9.99. The Bertz CT molecular complexity index is 1230. The molecule has 0 bridgehead atoms. The van der Waals surface area contributed by atoms with Gasteiger partial charge in [-0.1, -0.05) is 35.3 Å². The number of amides is 4. The van der Waals surface area contributed by atoms with Crippen molar-refractivity contribution in [3.63, 3.8) is 0 Å². The summed E-state index contributed by atoms with van der Waals surface area (Å²) in [6, 6.07) is 9.72. The number of rotatable bonds is 5. The van der Waals surface area contributed by atoms with Crippen molar-refractivity contribution in [3.05, 3.63) is 69.5 Å². The Balaban J connectivity index is 1.31. The first kappa shape index (κ1) is 24.4. The molecular formula is C25H26Cl2N6O3. The molecule has 0 spiro atoms. The van der Waals surface area contributed by atoms with Gasteiger partial charge < -0.3 is 20.0 Å². The zero-order chi connectivity index (χ0) is 25.4. The maximum absolute atomic E-state index is 13.6. The number of hydrogen-bond acceptors (Lipinski definition) is 5. The summed E-state index contributed by atoms with van der Waals surface area (Å²) in [5.41, 5.74) is 1.63. The minimum Gasteiger partial charge on any atom is -0.353 e. The fraction of sp³-hybridized carbons (Fsp3) is 0.360. The molecule has 1 aromatic carbocycles. The van der Waals surface area contributed by atoms with Crippen molar-refractivity contribution in [1.82, 2.24) is 25.0 Å². The molecule has 1 aromatic heterocycles. The SMILES string of the molecule is CCN1C(=O)N[C@@H](c2ccc(Cl)cc2Cl)C2=C1CN(CC(=O)N1CCN(c3ccccn3)CC1)C2=O. The molecule has 2 aromatic rings. The van der Waals surface area contributed by atoms with Crippen LogP contribution in [0, 0.1) is 0 Å². The van der Waals surface area contributed by atoms with Crippen LogP contribution >= 0.6 is 23.2 Å². The molecule has 0 radical (unpaired) electrons. The van der Waals surface area contributed by atoms with E-state index < -0.39 is 6.04 Å². The maximum Gasteiger partial charge on any atom is 0.322 e. The fourth-order valence-electron chi connectivity index (χ4n) is 4.97. The third-order valence-corrected chi connectivity index (χ3v) is 7.38. The van der Waals surface area contributed by atoms with Crippen molar-refractivity contribution in [1.29, 1.82) is 0 Å². The van der Waals surface area contributed by atoms with E-state index >= 15 is 0 Å². The monoisotopic (exact) mass is 528 g/mol. The van der Waals surface area contributed by atoms with Crippen molar-refractivity contribution in [2.24, 2.45) is 0 Å². The van der Waals surface area contributed by atoms with Crippen LogP contribution in [0.4, 0.5) is 10.6 Å². The van der Waals surface area contributed by atoms with E-state index in [2.05, 4.69) is 15.2 Å². The first-order valence-electron chi connectivity index (χ1n) is 11.9. The van der Waals surface area contributed by atoms with Crippen molar-refractivity contribution < 1.29 is 14.4 Å². The van der Waals surface area contributed by atoms with Gasteiger partial charge in [0.05, 0.1) is 23.9 Å². The van der Waals surface area contributed by atoms with E-state index in [9.17, 15) is 14.4 Å². The molecule has 1 fully saturated rings. The Kier molecular flexibility index (Phi) is 6.77. The summed E-state index contributed by atoms with van der Waals surface area (Å²) in [4.78, 5) is 50.9. The van der Waals surface area contributed by atoms with E-state index in [0.717, 1.165) is 5.82 Å². The van der Waals surface area contributed by atoms with E-state index in [0.29, 0.717) is 59.6 Å². The van der Waals surface area contributed by atoms with Crippen molar-refractivity contribution in [2.45, 2.75) is 13.0 Å². The number of likely N-dealkylation sites (N-methyl/N-ethyl adjacent to an activating group) is 1. The van der Waals surface area contributed by atoms with Gasteiger partial charge in [-0.15, -0.1) is 0 Å². The number of benzene rings is 1. The second-order valence-electron chi connectivity index (χ2n) is 8.87. The van der Waals surface area contributed by atoms with Crippen LogP contribution in [0.3, 0.4) is 0 Å². The average Bonchev–Trinajstić information content (AvgIpc) is 3.20. The molecule has 0 unspecified atom stereocenters.